The van der Waals surface area contributed by atoms with Gasteiger partial charge in [-0.1, -0.05) is 45.7 Å². The monoisotopic (exact) mass is 373 g/mol. The van der Waals surface area contributed by atoms with Crippen molar-refractivity contribution in [1.82, 2.24) is 0 Å². The maximum atomic E-state index is 6.20. The lowest BCUT2D eigenvalue weighted by Gasteiger charge is -2.13. The molecule has 0 bridgehead atoms. The molecule has 0 radical (unpaired) electrons. The minimum atomic E-state index is -0.159. The maximum absolute atomic E-state index is 6.20. The van der Waals surface area contributed by atoms with Crippen LogP contribution < -0.4 is 5.73 Å². The van der Waals surface area contributed by atoms with E-state index in [0.717, 1.165) is 20.1 Å². The quantitative estimate of drug-likeness (QED) is 0.793. The van der Waals surface area contributed by atoms with Gasteiger partial charge in [-0.3, -0.25) is 0 Å². The lowest BCUT2D eigenvalue weighted by Crippen LogP contribution is -2.11. The van der Waals surface area contributed by atoms with E-state index in [-0.39, 0.29) is 6.04 Å². The Labute approximate surface area is 122 Å². The molecule has 1 nitrogen and oxygen atoms in total. The lowest BCUT2D eigenvalue weighted by molar-refractivity contribution is 0.871. The summed E-state index contributed by atoms with van der Waals surface area (Å²) in [6.45, 7) is 0. The summed E-state index contributed by atoms with van der Waals surface area (Å²) < 4.78 is 1.92. The number of benzene rings is 2. The molecule has 0 aromatic heterocycles. The Bertz CT molecular complexity index is 525. The van der Waals surface area contributed by atoms with Gasteiger partial charge in [0.2, 0.25) is 0 Å². The van der Waals surface area contributed by atoms with E-state index in [2.05, 4.69) is 31.9 Å². The summed E-state index contributed by atoms with van der Waals surface area (Å²) in [6.07, 6.45) is 0. The highest BCUT2D eigenvalue weighted by Gasteiger charge is 2.10. The van der Waals surface area contributed by atoms with E-state index in [1.807, 2.05) is 42.5 Å². The molecule has 0 aliphatic carbocycles. The van der Waals surface area contributed by atoms with Crippen molar-refractivity contribution in [3.8, 4) is 0 Å². The molecular weight excluding hydrogens is 365 g/mol. The fourth-order valence-electron chi connectivity index (χ4n) is 1.57. The van der Waals surface area contributed by atoms with Gasteiger partial charge < -0.3 is 5.73 Å². The summed E-state index contributed by atoms with van der Waals surface area (Å²) in [4.78, 5) is 0. The van der Waals surface area contributed by atoms with Crippen LogP contribution in [0.25, 0.3) is 0 Å². The van der Waals surface area contributed by atoms with Crippen LogP contribution in [0, 0.1) is 0 Å². The van der Waals surface area contributed by atoms with Crippen LogP contribution in [0.4, 0.5) is 0 Å². The largest absolute Gasteiger partial charge is 0.320 e. The minimum absolute atomic E-state index is 0.159. The smallest absolute Gasteiger partial charge is 0.0552 e. The van der Waals surface area contributed by atoms with Crippen LogP contribution in [0.5, 0.6) is 0 Å². The van der Waals surface area contributed by atoms with Crippen molar-refractivity contribution in [2.75, 3.05) is 0 Å². The molecule has 0 aliphatic heterocycles. The van der Waals surface area contributed by atoms with Crippen LogP contribution in [0.1, 0.15) is 17.2 Å². The highest BCUT2D eigenvalue weighted by molar-refractivity contribution is 9.10. The van der Waals surface area contributed by atoms with Crippen molar-refractivity contribution in [1.29, 1.82) is 0 Å². The predicted molar refractivity (Wildman–Crippen MR) is 79.3 cm³/mol. The Balaban J connectivity index is 2.33. The molecule has 0 heterocycles. The first-order valence-corrected chi connectivity index (χ1v) is 7.00. The number of hydrogen-bond donors (Lipinski definition) is 1. The zero-order valence-corrected chi connectivity index (χ0v) is 12.8. The summed E-state index contributed by atoms with van der Waals surface area (Å²) in [5.74, 6) is 0. The van der Waals surface area contributed by atoms with Crippen LogP contribution >= 0.6 is 43.5 Å². The topological polar surface area (TPSA) is 26.0 Å². The summed E-state index contributed by atoms with van der Waals surface area (Å²) >= 11 is 12.8. The number of hydrogen-bond acceptors (Lipinski definition) is 1. The molecule has 2 aromatic carbocycles. The third kappa shape index (κ3) is 3.10. The Morgan fingerprint density at radius 3 is 2.12 bits per heavy atom. The predicted octanol–water partition coefficient (Wildman–Crippen LogP) is 4.91. The molecule has 0 saturated carbocycles. The number of nitrogens with two attached hydrogens (primary N) is 1. The zero-order chi connectivity index (χ0) is 12.4. The zero-order valence-electron chi connectivity index (χ0n) is 8.83. The molecule has 0 saturated heterocycles. The fraction of sp³-hybridized carbons (Fsp3) is 0.0769. The Morgan fingerprint density at radius 2 is 1.53 bits per heavy atom. The molecule has 17 heavy (non-hydrogen) atoms. The van der Waals surface area contributed by atoms with Gasteiger partial charge in [-0.15, -0.1) is 0 Å². The van der Waals surface area contributed by atoms with Crippen LogP contribution in [0.2, 0.25) is 5.02 Å². The van der Waals surface area contributed by atoms with Gasteiger partial charge in [-0.2, -0.15) is 0 Å². The van der Waals surface area contributed by atoms with Gasteiger partial charge in [-0.05, 0) is 51.3 Å². The molecule has 1 atom stereocenters. The van der Waals surface area contributed by atoms with E-state index < -0.39 is 0 Å². The summed E-state index contributed by atoms with van der Waals surface area (Å²) in [5, 5.41) is 0.676. The average Bonchev–Trinajstić information content (AvgIpc) is 2.33. The second-order valence-electron chi connectivity index (χ2n) is 3.70. The molecule has 0 amide bonds. The molecule has 0 spiro atoms. The van der Waals surface area contributed by atoms with Crippen molar-refractivity contribution < 1.29 is 0 Å². The third-order valence-corrected chi connectivity index (χ3v) is 4.29. The van der Waals surface area contributed by atoms with E-state index in [4.69, 9.17) is 17.3 Å². The Hall–Kier alpha value is -0.350. The first-order chi connectivity index (χ1) is 8.08. The normalized spacial score (nSPS) is 12.5. The third-order valence-electron chi connectivity index (χ3n) is 2.53. The van der Waals surface area contributed by atoms with Crippen LogP contribution in [-0.2, 0) is 0 Å². The van der Waals surface area contributed by atoms with E-state index >= 15 is 0 Å². The molecule has 1 unspecified atom stereocenters. The minimum Gasteiger partial charge on any atom is -0.320 e. The van der Waals surface area contributed by atoms with Gasteiger partial charge in [0.1, 0.15) is 0 Å². The van der Waals surface area contributed by atoms with Gasteiger partial charge in [0.25, 0.3) is 0 Å². The van der Waals surface area contributed by atoms with Crippen molar-refractivity contribution in [2.45, 2.75) is 6.04 Å². The summed E-state index contributed by atoms with van der Waals surface area (Å²) in [7, 11) is 0. The van der Waals surface area contributed by atoms with E-state index in [9.17, 15) is 0 Å². The second-order valence-corrected chi connectivity index (χ2v) is 5.88. The molecule has 2 aromatic rings. The van der Waals surface area contributed by atoms with Crippen LogP contribution in [-0.4, -0.2) is 0 Å². The van der Waals surface area contributed by atoms with E-state index in [1.165, 1.54) is 0 Å². The fourth-order valence-corrected chi connectivity index (χ4v) is 2.27. The van der Waals surface area contributed by atoms with E-state index in [0.29, 0.717) is 5.02 Å². The SMILES string of the molecule is NC(c1ccc(Br)cc1)c1ccc(Br)c(Cl)c1. The van der Waals surface area contributed by atoms with Crippen molar-refractivity contribution in [3.63, 3.8) is 0 Å². The molecular formula is C13H10Br2ClN. The van der Waals surface area contributed by atoms with Gasteiger partial charge in [0.05, 0.1) is 11.1 Å². The number of halogens is 3. The highest BCUT2D eigenvalue weighted by Crippen LogP contribution is 2.28. The average molecular weight is 375 g/mol. The first kappa shape index (κ1) is 13.1. The highest BCUT2D eigenvalue weighted by atomic mass is 79.9. The van der Waals surface area contributed by atoms with Gasteiger partial charge in [0.15, 0.2) is 0 Å². The maximum Gasteiger partial charge on any atom is 0.0552 e. The standard InChI is InChI=1S/C13H10Br2ClN/c14-10-4-1-8(2-5-10)13(17)9-3-6-11(15)12(16)7-9/h1-7,13H,17H2. The molecule has 2 rings (SSSR count). The Kier molecular flexibility index (Phi) is 4.26. The van der Waals surface area contributed by atoms with E-state index in [1.54, 1.807) is 0 Å². The van der Waals surface area contributed by atoms with Crippen LogP contribution in [0.15, 0.2) is 51.4 Å². The molecule has 0 aliphatic rings. The molecule has 4 heteroatoms. The van der Waals surface area contributed by atoms with Crippen molar-refractivity contribution in [3.05, 3.63) is 67.6 Å². The Morgan fingerprint density at radius 1 is 0.941 bits per heavy atom. The lowest BCUT2D eigenvalue weighted by atomic mass is 10.00. The van der Waals surface area contributed by atoms with Crippen LogP contribution in [0.3, 0.4) is 0 Å². The molecule has 2 N–H and O–H groups in total. The summed E-state index contributed by atoms with van der Waals surface area (Å²) in [6, 6.07) is 13.6. The first-order valence-electron chi connectivity index (χ1n) is 5.04. The van der Waals surface area contributed by atoms with Gasteiger partial charge >= 0.3 is 0 Å². The van der Waals surface area contributed by atoms with Crippen molar-refractivity contribution >= 4 is 43.5 Å². The molecule has 0 fully saturated rings. The summed E-state index contributed by atoms with van der Waals surface area (Å²) in [5.41, 5.74) is 8.26. The van der Waals surface area contributed by atoms with Crippen molar-refractivity contribution in [2.24, 2.45) is 5.73 Å². The van der Waals surface area contributed by atoms with Gasteiger partial charge in [-0.25, -0.2) is 0 Å². The second kappa shape index (κ2) is 5.53. The number of rotatable bonds is 2. The van der Waals surface area contributed by atoms with Gasteiger partial charge in [0, 0.05) is 8.95 Å². The molecule has 88 valence electrons.